The first kappa shape index (κ1) is 16.9. The molecule has 0 aliphatic heterocycles. The molecule has 1 aromatic rings. The number of ether oxygens (including phenoxy) is 1. The second-order valence-corrected chi connectivity index (χ2v) is 4.56. The molecule has 0 unspecified atom stereocenters. The minimum atomic E-state index is -0.520. The van der Waals surface area contributed by atoms with Crippen LogP contribution in [-0.4, -0.2) is 60.5 Å². The van der Waals surface area contributed by atoms with Gasteiger partial charge in [0, 0.05) is 13.1 Å². The van der Waals surface area contributed by atoms with Gasteiger partial charge in [0.25, 0.3) is 5.91 Å². The maximum absolute atomic E-state index is 11.9. The molecule has 116 valence electrons. The van der Waals surface area contributed by atoms with Crippen LogP contribution in [0.15, 0.2) is 0 Å². The van der Waals surface area contributed by atoms with Crippen molar-refractivity contribution in [3.63, 3.8) is 0 Å². The molecule has 0 radical (unpaired) electrons. The average molecular weight is 317 g/mol. The van der Waals surface area contributed by atoms with Crippen molar-refractivity contribution in [3.05, 3.63) is 10.8 Å². The van der Waals surface area contributed by atoms with Crippen molar-refractivity contribution in [1.29, 1.82) is 0 Å². The van der Waals surface area contributed by atoms with Gasteiger partial charge in [-0.15, -0.1) is 0 Å². The molecule has 0 bridgehead atoms. The van der Waals surface area contributed by atoms with Crippen LogP contribution >= 0.6 is 11.6 Å². The van der Waals surface area contributed by atoms with Gasteiger partial charge in [0.05, 0.1) is 13.7 Å². The highest BCUT2D eigenvalue weighted by Crippen LogP contribution is 2.16. The molecular formula is C11H17ClN6O3. The van der Waals surface area contributed by atoms with Crippen LogP contribution in [0.5, 0.6) is 0 Å². The van der Waals surface area contributed by atoms with E-state index < -0.39 is 5.91 Å². The fourth-order valence-electron chi connectivity index (χ4n) is 1.42. The number of carbonyl (C=O) groups excluding carboxylic acids is 2. The van der Waals surface area contributed by atoms with Crippen LogP contribution in [0.4, 0.5) is 11.6 Å². The van der Waals surface area contributed by atoms with Gasteiger partial charge in [-0.05, 0) is 7.05 Å². The second kappa shape index (κ2) is 7.60. The topological polar surface area (TPSA) is 136 Å². The summed E-state index contributed by atoms with van der Waals surface area (Å²) in [6.07, 6.45) is 0. The van der Waals surface area contributed by atoms with Crippen LogP contribution in [0.3, 0.4) is 0 Å². The van der Waals surface area contributed by atoms with Crippen LogP contribution in [-0.2, 0) is 9.53 Å². The Balaban J connectivity index is 2.51. The van der Waals surface area contributed by atoms with Crippen molar-refractivity contribution < 1.29 is 14.3 Å². The van der Waals surface area contributed by atoms with Crippen molar-refractivity contribution in [1.82, 2.24) is 20.2 Å². The number of methoxy groups -OCH3 is 1. The summed E-state index contributed by atoms with van der Waals surface area (Å²) in [6, 6.07) is 0. The van der Waals surface area contributed by atoms with Gasteiger partial charge in [0.15, 0.2) is 22.5 Å². The molecule has 0 fully saturated rings. The average Bonchev–Trinajstić information content (AvgIpc) is 2.42. The summed E-state index contributed by atoms with van der Waals surface area (Å²) in [7, 11) is 3.03. The Morgan fingerprint density at radius 2 is 2.00 bits per heavy atom. The molecule has 21 heavy (non-hydrogen) atoms. The highest BCUT2D eigenvalue weighted by Gasteiger charge is 2.15. The van der Waals surface area contributed by atoms with Gasteiger partial charge in [-0.1, -0.05) is 11.6 Å². The quantitative estimate of drug-likeness (QED) is 0.576. The molecule has 0 atom stereocenters. The predicted molar refractivity (Wildman–Crippen MR) is 77.7 cm³/mol. The summed E-state index contributed by atoms with van der Waals surface area (Å²) in [5, 5.41) is 2.51. The van der Waals surface area contributed by atoms with Crippen molar-refractivity contribution in [2.24, 2.45) is 0 Å². The molecule has 9 nitrogen and oxygen atoms in total. The van der Waals surface area contributed by atoms with E-state index in [1.165, 1.54) is 7.11 Å². The second-order valence-electron chi connectivity index (χ2n) is 4.20. The summed E-state index contributed by atoms with van der Waals surface area (Å²) >= 11 is 5.69. The molecule has 0 saturated heterocycles. The van der Waals surface area contributed by atoms with Gasteiger partial charge >= 0.3 is 5.97 Å². The smallest absolute Gasteiger partial charge is 0.319 e. The highest BCUT2D eigenvalue weighted by atomic mass is 35.5. The number of aromatic nitrogens is 2. The maximum Gasteiger partial charge on any atom is 0.319 e. The molecule has 5 N–H and O–H groups in total. The number of anilines is 2. The maximum atomic E-state index is 11.9. The van der Waals surface area contributed by atoms with E-state index in [0.717, 1.165) is 0 Å². The predicted octanol–water partition coefficient (Wildman–Crippen LogP) is -0.871. The lowest BCUT2D eigenvalue weighted by Gasteiger charge is -2.15. The van der Waals surface area contributed by atoms with Crippen molar-refractivity contribution >= 4 is 35.1 Å². The molecule has 0 spiro atoms. The van der Waals surface area contributed by atoms with Crippen LogP contribution < -0.4 is 16.8 Å². The summed E-state index contributed by atoms with van der Waals surface area (Å²) < 4.78 is 4.53. The van der Waals surface area contributed by atoms with E-state index in [2.05, 4.69) is 20.0 Å². The van der Waals surface area contributed by atoms with Gasteiger partial charge in [-0.2, -0.15) is 0 Å². The zero-order valence-corrected chi connectivity index (χ0v) is 12.5. The lowest BCUT2D eigenvalue weighted by molar-refractivity contribution is -0.141. The van der Waals surface area contributed by atoms with Gasteiger partial charge < -0.3 is 21.5 Å². The Bertz CT molecular complexity index is 539. The van der Waals surface area contributed by atoms with E-state index in [-0.39, 0.29) is 41.5 Å². The highest BCUT2D eigenvalue weighted by molar-refractivity contribution is 6.31. The standard InChI is InChI=1S/C11H17ClN6O3/c1-18(5-6(19)21-2)4-3-15-11(20)7-9(13)17-10(14)8(12)16-7/h3-5H2,1-2H3,(H,15,20)(H4,13,14,17). The molecule has 1 amide bonds. The molecule has 0 aliphatic carbocycles. The van der Waals surface area contributed by atoms with Crippen molar-refractivity contribution in [2.45, 2.75) is 0 Å². The largest absolute Gasteiger partial charge is 0.468 e. The zero-order chi connectivity index (χ0) is 16.0. The third kappa shape index (κ3) is 5.04. The first-order chi connectivity index (χ1) is 9.85. The van der Waals surface area contributed by atoms with Crippen LogP contribution in [0.1, 0.15) is 10.5 Å². The molecule has 1 heterocycles. The number of hydrogen-bond donors (Lipinski definition) is 3. The number of carbonyl (C=O) groups is 2. The number of nitrogens with two attached hydrogens (primary N) is 2. The number of amides is 1. The molecule has 0 aromatic carbocycles. The van der Waals surface area contributed by atoms with E-state index in [0.29, 0.717) is 6.54 Å². The SMILES string of the molecule is COC(=O)CN(C)CCNC(=O)c1nc(Cl)c(N)nc1N. The Morgan fingerprint density at radius 3 is 2.62 bits per heavy atom. The molecule has 0 saturated carbocycles. The number of halogens is 1. The van der Waals surface area contributed by atoms with Gasteiger partial charge in [0.1, 0.15) is 0 Å². The summed E-state index contributed by atoms with van der Waals surface area (Å²) in [6.45, 7) is 0.855. The Labute approximate surface area is 126 Å². The first-order valence-electron chi connectivity index (χ1n) is 5.97. The van der Waals surface area contributed by atoms with E-state index in [1.54, 1.807) is 11.9 Å². The van der Waals surface area contributed by atoms with E-state index in [1.807, 2.05) is 0 Å². The van der Waals surface area contributed by atoms with E-state index in [4.69, 9.17) is 23.1 Å². The van der Waals surface area contributed by atoms with Crippen LogP contribution in [0.25, 0.3) is 0 Å². The lowest BCUT2D eigenvalue weighted by atomic mass is 10.3. The van der Waals surface area contributed by atoms with E-state index >= 15 is 0 Å². The number of hydrogen-bond acceptors (Lipinski definition) is 8. The number of likely N-dealkylation sites (N-methyl/N-ethyl adjacent to an activating group) is 1. The minimum Gasteiger partial charge on any atom is -0.468 e. The molecule has 1 rings (SSSR count). The third-order valence-corrected chi connectivity index (χ3v) is 2.80. The normalized spacial score (nSPS) is 10.5. The third-order valence-electron chi connectivity index (χ3n) is 2.53. The summed E-state index contributed by atoms with van der Waals surface area (Å²) in [4.78, 5) is 32.1. The van der Waals surface area contributed by atoms with Gasteiger partial charge in [0.2, 0.25) is 0 Å². The molecule has 0 aliphatic rings. The lowest BCUT2D eigenvalue weighted by Crippen LogP contribution is -2.36. The Kier molecular flexibility index (Phi) is 6.12. The van der Waals surface area contributed by atoms with Crippen molar-refractivity contribution in [2.75, 3.05) is 45.3 Å². The monoisotopic (exact) mass is 316 g/mol. The number of nitrogens with zero attached hydrogens (tertiary/aromatic N) is 3. The summed E-state index contributed by atoms with van der Waals surface area (Å²) in [5.74, 6) is -1.02. The Hall–Kier alpha value is -2.13. The van der Waals surface area contributed by atoms with E-state index in [9.17, 15) is 9.59 Å². The molecular weight excluding hydrogens is 300 g/mol. The number of nitrogen functional groups attached to an aromatic ring is 2. The van der Waals surface area contributed by atoms with Crippen LogP contribution in [0, 0.1) is 0 Å². The zero-order valence-electron chi connectivity index (χ0n) is 11.7. The number of nitrogens with one attached hydrogen (secondary N) is 1. The number of rotatable bonds is 6. The molecule has 10 heteroatoms. The van der Waals surface area contributed by atoms with Gasteiger partial charge in [-0.25, -0.2) is 9.97 Å². The fraction of sp³-hybridized carbons (Fsp3) is 0.455. The molecule has 1 aromatic heterocycles. The minimum absolute atomic E-state index is 0.0384. The summed E-state index contributed by atoms with van der Waals surface area (Å²) in [5.41, 5.74) is 10.9. The Morgan fingerprint density at radius 1 is 1.33 bits per heavy atom. The fourth-order valence-corrected chi connectivity index (χ4v) is 1.54. The van der Waals surface area contributed by atoms with Crippen molar-refractivity contribution in [3.8, 4) is 0 Å². The number of esters is 1. The van der Waals surface area contributed by atoms with Gasteiger partial charge in [-0.3, -0.25) is 14.5 Å². The first-order valence-corrected chi connectivity index (χ1v) is 6.35. The van der Waals surface area contributed by atoms with Crippen LogP contribution in [0.2, 0.25) is 5.15 Å².